The number of esters is 1. The maximum absolute atomic E-state index is 14.4. The lowest BCUT2D eigenvalue weighted by Crippen LogP contribution is -2.54. The van der Waals surface area contributed by atoms with E-state index in [2.05, 4.69) is 23.1 Å². The molecule has 0 saturated carbocycles. The van der Waals surface area contributed by atoms with Gasteiger partial charge in [0.25, 0.3) is 0 Å². The molecule has 0 aliphatic carbocycles. The van der Waals surface area contributed by atoms with Gasteiger partial charge in [0, 0.05) is 50.6 Å². The third kappa shape index (κ3) is 5.54. The highest BCUT2D eigenvalue weighted by Gasteiger charge is 2.73. The number of cyclic esters (lactones) is 1. The predicted molar refractivity (Wildman–Crippen MR) is 149 cm³/mol. The van der Waals surface area contributed by atoms with Crippen LogP contribution in [0.2, 0.25) is 0 Å². The van der Waals surface area contributed by atoms with E-state index in [4.69, 9.17) is 9.47 Å². The zero-order valence-corrected chi connectivity index (χ0v) is 23.9. The molecule has 3 saturated heterocycles. The molecule has 5 aliphatic heterocycles. The highest BCUT2D eigenvalue weighted by Crippen LogP contribution is 2.65. The number of aliphatic hydroxyl groups excluding tert-OH is 1. The van der Waals surface area contributed by atoms with Crippen LogP contribution in [0.3, 0.4) is 0 Å². The summed E-state index contributed by atoms with van der Waals surface area (Å²) in [5.41, 5.74) is 0. The van der Waals surface area contributed by atoms with Gasteiger partial charge in [-0.2, -0.15) is 0 Å². The normalized spacial score (nSPS) is 36.3. The van der Waals surface area contributed by atoms with Crippen molar-refractivity contribution in [2.75, 3.05) is 65.7 Å². The molecule has 0 bridgehead atoms. The van der Waals surface area contributed by atoms with Gasteiger partial charge in [-0.15, -0.1) is 11.8 Å². The Morgan fingerprint density at radius 2 is 1.77 bits per heavy atom. The van der Waals surface area contributed by atoms with Crippen molar-refractivity contribution in [3.05, 3.63) is 24.3 Å². The largest absolute Gasteiger partial charge is 0.465 e. The second kappa shape index (κ2) is 12.3. The van der Waals surface area contributed by atoms with Crippen LogP contribution < -0.4 is 0 Å². The van der Waals surface area contributed by atoms with Crippen molar-refractivity contribution in [3.63, 3.8) is 0 Å². The molecule has 0 aromatic heterocycles. The minimum absolute atomic E-state index is 0.0385. The Morgan fingerprint density at radius 1 is 0.949 bits per heavy atom. The summed E-state index contributed by atoms with van der Waals surface area (Å²) in [6.45, 7) is 7.89. The standard InChI is InChI=1S/C29H43N3O6S/c1-28-10-5-2-3-8-19-38-27(36)23(28)22-25(34)32(13-6-4-7-18-33)24-26(35)31(12-9-11-29(22,24)39-28)15-14-30-16-20-37-21-17-30/h5,9-11,22-24,33H,2-4,6-8,12-21H2,1H3/b10-5-/t22-,23-,24?,28+,29-/m0/s1. The first-order valence-corrected chi connectivity index (χ1v) is 15.5. The van der Waals surface area contributed by atoms with E-state index in [1.807, 2.05) is 17.9 Å². The number of carbonyl (C=O) groups excluding carboxylic acids is 3. The number of allylic oxidation sites excluding steroid dienone is 1. The van der Waals surface area contributed by atoms with E-state index in [0.29, 0.717) is 52.3 Å². The fourth-order valence-corrected chi connectivity index (χ4v) is 9.10. The van der Waals surface area contributed by atoms with E-state index in [9.17, 15) is 19.5 Å². The summed E-state index contributed by atoms with van der Waals surface area (Å²) in [4.78, 5) is 48.2. The first kappa shape index (κ1) is 28.6. The minimum atomic E-state index is -0.838. The second-order valence-corrected chi connectivity index (χ2v) is 13.3. The molecule has 1 unspecified atom stereocenters. The molecule has 39 heavy (non-hydrogen) atoms. The van der Waals surface area contributed by atoms with Crippen LogP contribution in [-0.2, 0) is 23.9 Å². The molecular formula is C29H43N3O6S. The molecular weight excluding hydrogens is 518 g/mol. The number of likely N-dealkylation sites (tertiary alicyclic amines) is 1. The average molecular weight is 562 g/mol. The maximum Gasteiger partial charge on any atom is 0.311 e. The average Bonchev–Trinajstić information content (AvgIpc) is 3.26. The number of aliphatic hydroxyl groups is 1. The van der Waals surface area contributed by atoms with Gasteiger partial charge < -0.3 is 24.4 Å². The van der Waals surface area contributed by atoms with Crippen molar-refractivity contribution in [2.24, 2.45) is 11.8 Å². The van der Waals surface area contributed by atoms with Crippen LogP contribution in [0.4, 0.5) is 0 Å². The number of unbranched alkanes of at least 4 members (excludes halogenated alkanes) is 2. The number of ether oxygens (including phenoxy) is 2. The third-order valence-electron chi connectivity index (χ3n) is 8.93. The van der Waals surface area contributed by atoms with E-state index in [1.54, 1.807) is 16.7 Å². The Hall–Kier alpha value is -1.88. The Labute approximate surface area is 235 Å². The van der Waals surface area contributed by atoms with Gasteiger partial charge in [0.1, 0.15) is 6.04 Å². The Balaban J connectivity index is 1.48. The lowest BCUT2D eigenvalue weighted by molar-refractivity contribution is -0.154. The quantitative estimate of drug-likeness (QED) is 0.272. The van der Waals surface area contributed by atoms with Crippen LogP contribution in [-0.4, -0.2) is 119 Å². The highest BCUT2D eigenvalue weighted by atomic mass is 32.2. The third-order valence-corrected chi connectivity index (χ3v) is 10.7. The number of morpholine rings is 1. The predicted octanol–water partition coefficient (Wildman–Crippen LogP) is 1.85. The Bertz CT molecular complexity index is 984. The van der Waals surface area contributed by atoms with Crippen molar-refractivity contribution in [2.45, 2.75) is 61.0 Å². The van der Waals surface area contributed by atoms with Gasteiger partial charge >= 0.3 is 5.97 Å². The lowest BCUT2D eigenvalue weighted by atomic mass is 9.74. The molecule has 5 atom stereocenters. The van der Waals surface area contributed by atoms with E-state index in [0.717, 1.165) is 45.3 Å². The van der Waals surface area contributed by atoms with Crippen LogP contribution in [0.5, 0.6) is 0 Å². The molecule has 216 valence electrons. The fraction of sp³-hybridized carbons (Fsp3) is 0.759. The van der Waals surface area contributed by atoms with E-state index >= 15 is 0 Å². The van der Waals surface area contributed by atoms with Crippen LogP contribution in [0.15, 0.2) is 24.3 Å². The molecule has 10 heteroatoms. The number of hydrogen-bond acceptors (Lipinski definition) is 8. The molecule has 0 aromatic rings. The zero-order valence-electron chi connectivity index (χ0n) is 23.1. The summed E-state index contributed by atoms with van der Waals surface area (Å²) in [6.07, 6.45) is 13.1. The maximum atomic E-state index is 14.4. The van der Waals surface area contributed by atoms with Gasteiger partial charge in [0.2, 0.25) is 11.8 Å². The van der Waals surface area contributed by atoms with Gasteiger partial charge in [-0.3, -0.25) is 19.3 Å². The second-order valence-electron chi connectivity index (χ2n) is 11.5. The van der Waals surface area contributed by atoms with E-state index < -0.39 is 27.4 Å². The van der Waals surface area contributed by atoms with Crippen molar-refractivity contribution in [1.29, 1.82) is 0 Å². The molecule has 9 nitrogen and oxygen atoms in total. The molecule has 1 N–H and O–H groups in total. The van der Waals surface area contributed by atoms with Gasteiger partial charge in [0.05, 0.1) is 36.4 Å². The number of hydrogen-bond donors (Lipinski definition) is 1. The number of rotatable bonds is 8. The summed E-state index contributed by atoms with van der Waals surface area (Å²) in [6, 6.07) is -0.673. The molecule has 5 aliphatic rings. The van der Waals surface area contributed by atoms with Gasteiger partial charge in [-0.25, -0.2) is 0 Å². The van der Waals surface area contributed by atoms with Gasteiger partial charge in [0.15, 0.2) is 0 Å². The van der Waals surface area contributed by atoms with Crippen molar-refractivity contribution >= 4 is 29.5 Å². The molecule has 5 rings (SSSR count). The highest BCUT2D eigenvalue weighted by molar-refractivity contribution is 8.02. The molecule has 1 spiro atoms. The smallest absolute Gasteiger partial charge is 0.311 e. The zero-order chi connectivity index (χ0) is 27.5. The van der Waals surface area contributed by atoms with Gasteiger partial charge in [-0.05, 0) is 45.4 Å². The summed E-state index contributed by atoms with van der Waals surface area (Å²) in [7, 11) is 0. The summed E-state index contributed by atoms with van der Waals surface area (Å²) in [5, 5.41) is 9.26. The number of fused-ring (bicyclic) bond motifs is 2. The van der Waals surface area contributed by atoms with Crippen LogP contribution >= 0.6 is 11.8 Å². The molecule has 5 heterocycles. The first-order chi connectivity index (χ1) is 18.9. The Kier molecular flexibility index (Phi) is 9.05. The number of thioether (sulfide) groups is 1. The van der Waals surface area contributed by atoms with E-state index in [-0.39, 0.29) is 24.4 Å². The molecule has 0 radical (unpaired) electrons. The minimum Gasteiger partial charge on any atom is -0.465 e. The Morgan fingerprint density at radius 3 is 2.56 bits per heavy atom. The number of amides is 2. The van der Waals surface area contributed by atoms with Crippen LogP contribution in [0, 0.1) is 11.8 Å². The molecule has 0 aromatic carbocycles. The monoisotopic (exact) mass is 561 g/mol. The summed E-state index contributed by atoms with van der Waals surface area (Å²) in [5.74, 6) is -1.82. The van der Waals surface area contributed by atoms with Crippen molar-refractivity contribution in [3.8, 4) is 0 Å². The SMILES string of the molecule is C[C@@]12/C=C\CCCCOC(=O)[C@@H]1[C@H]1C(=O)N(CCCCCO)C3C(=O)N(CCN4CCOCC4)CC=C[C@@]31S2. The number of carbonyl (C=O) groups is 3. The van der Waals surface area contributed by atoms with Crippen molar-refractivity contribution in [1.82, 2.24) is 14.7 Å². The number of nitrogens with zero attached hydrogens (tertiary/aromatic N) is 3. The van der Waals surface area contributed by atoms with Crippen LogP contribution in [0.25, 0.3) is 0 Å². The summed E-state index contributed by atoms with van der Waals surface area (Å²) >= 11 is 1.61. The van der Waals surface area contributed by atoms with Gasteiger partial charge in [-0.1, -0.05) is 24.3 Å². The lowest BCUT2D eigenvalue weighted by Gasteiger charge is -2.37. The molecule has 3 fully saturated rings. The first-order valence-electron chi connectivity index (χ1n) is 14.6. The topological polar surface area (TPSA) is 99.6 Å². The summed E-state index contributed by atoms with van der Waals surface area (Å²) < 4.78 is 9.73. The van der Waals surface area contributed by atoms with E-state index in [1.165, 1.54) is 0 Å². The van der Waals surface area contributed by atoms with Crippen LogP contribution in [0.1, 0.15) is 45.4 Å². The van der Waals surface area contributed by atoms with Crippen molar-refractivity contribution < 1.29 is 29.0 Å². The molecule has 2 amide bonds. The fourth-order valence-electron chi connectivity index (χ4n) is 6.94.